The lowest BCUT2D eigenvalue weighted by atomic mass is 10.1. The minimum atomic E-state index is -0.569. The van der Waals surface area contributed by atoms with E-state index in [2.05, 4.69) is 0 Å². The third-order valence-electron chi connectivity index (χ3n) is 4.81. The minimum Gasteiger partial charge on any atom is -0.465 e. The molecule has 0 spiro atoms. The number of hydrogen-bond donors (Lipinski definition) is 0. The fraction of sp³-hybridized carbons (Fsp3) is 0.0870. The number of hydrogen-bond acceptors (Lipinski definition) is 6. The van der Waals surface area contributed by atoms with Crippen LogP contribution in [0.5, 0.6) is 0 Å². The highest BCUT2D eigenvalue weighted by Gasteiger charge is 2.36. The van der Waals surface area contributed by atoms with Gasteiger partial charge in [0.1, 0.15) is 11.5 Å². The van der Waals surface area contributed by atoms with Crippen LogP contribution in [-0.2, 0) is 16.1 Å². The van der Waals surface area contributed by atoms with Crippen LogP contribution in [0.2, 0.25) is 15.1 Å². The Morgan fingerprint density at radius 1 is 1.06 bits per heavy atom. The number of methoxy groups -OCH3 is 1. The molecule has 0 aliphatic carbocycles. The molecule has 33 heavy (non-hydrogen) atoms. The largest absolute Gasteiger partial charge is 0.465 e. The zero-order chi connectivity index (χ0) is 23.7. The Kier molecular flexibility index (Phi) is 6.86. The van der Waals surface area contributed by atoms with Gasteiger partial charge in [0.25, 0.3) is 11.1 Å². The van der Waals surface area contributed by atoms with Crippen molar-refractivity contribution >= 4 is 69.8 Å². The average Bonchev–Trinajstić information content (AvgIpc) is 3.36. The van der Waals surface area contributed by atoms with Crippen LogP contribution in [0.4, 0.5) is 4.79 Å². The summed E-state index contributed by atoms with van der Waals surface area (Å²) in [6.45, 7) is -0.0367. The number of halogens is 3. The van der Waals surface area contributed by atoms with Crippen LogP contribution in [0, 0.1) is 0 Å². The Morgan fingerprint density at radius 2 is 1.79 bits per heavy atom. The van der Waals surface area contributed by atoms with Gasteiger partial charge in [-0.2, -0.15) is 0 Å². The molecule has 0 bridgehead atoms. The third kappa shape index (κ3) is 4.82. The van der Waals surface area contributed by atoms with E-state index in [0.717, 1.165) is 16.7 Å². The number of nitrogens with zero attached hydrogens (tertiary/aromatic N) is 1. The lowest BCUT2D eigenvalue weighted by Crippen LogP contribution is -2.27. The van der Waals surface area contributed by atoms with E-state index < -0.39 is 17.1 Å². The Balaban J connectivity index is 1.57. The Morgan fingerprint density at radius 3 is 2.48 bits per heavy atom. The second-order valence-corrected chi connectivity index (χ2v) is 9.07. The molecular formula is C23H14Cl3NO5S. The fourth-order valence-electron chi connectivity index (χ4n) is 3.14. The number of imide groups is 1. The van der Waals surface area contributed by atoms with Crippen LogP contribution in [0.15, 0.2) is 57.9 Å². The molecule has 10 heteroatoms. The molecule has 6 nitrogen and oxygen atoms in total. The second kappa shape index (κ2) is 9.65. The molecule has 0 saturated carbocycles. The number of amides is 2. The predicted molar refractivity (Wildman–Crippen MR) is 128 cm³/mol. The van der Waals surface area contributed by atoms with E-state index in [1.54, 1.807) is 48.5 Å². The van der Waals surface area contributed by atoms with Crippen molar-refractivity contribution in [1.29, 1.82) is 0 Å². The van der Waals surface area contributed by atoms with Gasteiger partial charge in [0.2, 0.25) is 0 Å². The van der Waals surface area contributed by atoms with Crippen molar-refractivity contribution < 1.29 is 23.5 Å². The molecular weight excluding hydrogens is 509 g/mol. The minimum absolute atomic E-state index is 0.0367. The van der Waals surface area contributed by atoms with Gasteiger partial charge in [0.15, 0.2) is 0 Å². The predicted octanol–water partition coefficient (Wildman–Crippen LogP) is 6.93. The van der Waals surface area contributed by atoms with Gasteiger partial charge in [-0.15, -0.1) is 0 Å². The summed E-state index contributed by atoms with van der Waals surface area (Å²) in [7, 11) is 1.27. The Bertz CT molecular complexity index is 1300. The molecule has 2 amide bonds. The molecule has 1 aliphatic heterocycles. The van der Waals surface area contributed by atoms with Gasteiger partial charge in [-0.05, 0) is 54.2 Å². The maximum atomic E-state index is 12.8. The summed E-state index contributed by atoms with van der Waals surface area (Å²) in [5, 5.41) is 0.560. The summed E-state index contributed by atoms with van der Waals surface area (Å²) < 4.78 is 10.5. The molecule has 0 radical (unpaired) electrons. The number of carbonyl (C=O) groups excluding carboxylic acids is 3. The molecule has 168 valence electrons. The van der Waals surface area contributed by atoms with E-state index in [-0.39, 0.29) is 22.0 Å². The molecule has 1 aromatic heterocycles. The summed E-state index contributed by atoms with van der Waals surface area (Å²) >= 11 is 19.2. The van der Waals surface area contributed by atoms with Crippen molar-refractivity contribution in [3.8, 4) is 11.3 Å². The Hall–Kier alpha value is -2.71. The first-order valence-corrected chi connectivity index (χ1v) is 11.4. The smallest absolute Gasteiger partial charge is 0.339 e. The number of ether oxygens (including phenoxy) is 1. The van der Waals surface area contributed by atoms with Gasteiger partial charge >= 0.3 is 5.97 Å². The molecule has 3 aromatic rings. The standard InChI is InChI=1S/C23H14Cl3NO5S/c1-31-22(29)14-9-12(5-7-18(14)26)19-8-6-13(32-19)10-20-21(28)27(23(30)33-20)11-15-16(24)3-2-4-17(15)25/h2-10H,11H2,1H3/b20-10+. The highest BCUT2D eigenvalue weighted by atomic mass is 35.5. The monoisotopic (exact) mass is 521 g/mol. The van der Waals surface area contributed by atoms with Gasteiger partial charge in [0, 0.05) is 27.2 Å². The van der Waals surface area contributed by atoms with E-state index in [9.17, 15) is 14.4 Å². The number of rotatable bonds is 5. The van der Waals surface area contributed by atoms with E-state index in [1.165, 1.54) is 13.2 Å². The number of carbonyl (C=O) groups is 3. The van der Waals surface area contributed by atoms with Crippen molar-refractivity contribution in [3.63, 3.8) is 0 Å². The topological polar surface area (TPSA) is 76.8 Å². The molecule has 4 rings (SSSR count). The SMILES string of the molecule is COC(=O)c1cc(-c2ccc(/C=C3/SC(=O)N(Cc4c(Cl)cccc4Cl)C3=O)o2)ccc1Cl. The first-order chi connectivity index (χ1) is 15.8. The maximum Gasteiger partial charge on any atom is 0.339 e. The van der Waals surface area contributed by atoms with E-state index in [4.69, 9.17) is 44.0 Å². The van der Waals surface area contributed by atoms with Crippen LogP contribution in [0.1, 0.15) is 21.7 Å². The van der Waals surface area contributed by atoms with Crippen LogP contribution < -0.4 is 0 Å². The van der Waals surface area contributed by atoms with Crippen LogP contribution in [0.3, 0.4) is 0 Å². The quantitative estimate of drug-likeness (QED) is 0.267. The van der Waals surface area contributed by atoms with Crippen LogP contribution in [0.25, 0.3) is 17.4 Å². The molecule has 1 aliphatic rings. The van der Waals surface area contributed by atoms with Gasteiger partial charge in [-0.1, -0.05) is 40.9 Å². The summed E-state index contributed by atoms with van der Waals surface area (Å²) in [5.74, 6) is -0.231. The summed E-state index contributed by atoms with van der Waals surface area (Å²) in [6.07, 6.45) is 1.49. The maximum absolute atomic E-state index is 12.8. The molecule has 0 N–H and O–H groups in total. The number of furan rings is 1. The lowest BCUT2D eigenvalue weighted by molar-refractivity contribution is -0.123. The Labute approximate surface area is 208 Å². The second-order valence-electron chi connectivity index (χ2n) is 6.86. The van der Waals surface area contributed by atoms with Crippen LogP contribution in [-0.4, -0.2) is 29.1 Å². The zero-order valence-corrected chi connectivity index (χ0v) is 20.0. The molecule has 1 fully saturated rings. The zero-order valence-electron chi connectivity index (χ0n) is 16.9. The van der Waals surface area contributed by atoms with Gasteiger partial charge in [-0.3, -0.25) is 14.5 Å². The van der Waals surface area contributed by atoms with Gasteiger partial charge < -0.3 is 9.15 Å². The molecule has 0 unspecified atom stereocenters. The van der Waals surface area contributed by atoms with Crippen molar-refractivity contribution in [3.05, 3.63) is 85.4 Å². The number of esters is 1. The first kappa shape index (κ1) is 23.4. The van der Waals surface area contributed by atoms with Gasteiger partial charge in [-0.25, -0.2) is 4.79 Å². The van der Waals surface area contributed by atoms with Crippen molar-refractivity contribution in [2.24, 2.45) is 0 Å². The van der Waals surface area contributed by atoms with Crippen molar-refractivity contribution in [2.45, 2.75) is 6.54 Å². The normalized spacial score (nSPS) is 14.9. The van der Waals surface area contributed by atoms with Crippen molar-refractivity contribution in [1.82, 2.24) is 4.90 Å². The van der Waals surface area contributed by atoms with Crippen LogP contribution >= 0.6 is 46.6 Å². The third-order valence-corrected chi connectivity index (χ3v) is 6.75. The molecule has 2 aromatic carbocycles. The number of benzene rings is 2. The lowest BCUT2D eigenvalue weighted by Gasteiger charge is -2.14. The fourth-order valence-corrected chi connectivity index (χ4v) is 4.67. The summed E-state index contributed by atoms with van der Waals surface area (Å²) in [5.41, 5.74) is 1.30. The van der Waals surface area contributed by atoms with Gasteiger partial charge in [0.05, 0.1) is 29.1 Å². The molecule has 0 atom stereocenters. The van der Waals surface area contributed by atoms with Crippen molar-refractivity contribution in [2.75, 3.05) is 7.11 Å². The number of thioether (sulfide) groups is 1. The highest BCUT2D eigenvalue weighted by molar-refractivity contribution is 8.18. The highest BCUT2D eigenvalue weighted by Crippen LogP contribution is 2.36. The molecule has 2 heterocycles. The van der Waals surface area contributed by atoms with E-state index in [1.807, 2.05) is 0 Å². The van der Waals surface area contributed by atoms with E-state index >= 15 is 0 Å². The first-order valence-electron chi connectivity index (χ1n) is 9.45. The summed E-state index contributed by atoms with van der Waals surface area (Å²) in [4.78, 5) is 38.5. The summed E-state index contributed by atoms with van der Waals surface area (Å²) in [6, 6.07) is 13.1. The van der Waals surface area contributed by atoms with E-state index in [0.29, 0.717) is 32.7 Å². The average molecular weight is 523 g/mol. The molecule has 1 saturated heterocycles.